The zero-order valence-electron chi connectivity index (χ0n) is 19.4. The summed E-state index contributed by atoms with van der Waals surface area (Å²) in [6, 6.07) is 4.31. The van der Waals surface area contributed by atoms with Crippen molar-refractivity contribution in [1.82, 2.24) is 0 Å². The molecule has 1 aromatic rings. The molecule has 0 aliphatic carbocycles. The zero-order valence-corrected chi connectivity index (χ0v) is 19.4. The molecule has 0 spiro atoms. The van der Waals surface area contributed by atoms with E-state index < -0.39 is 0 Å². The first-order valence-corrected chi connectivity index (χ1v) is 11.6. The van der Waals surface area contributed by atoms with E-state index in [9.17, 15) is 0 Å². The second-order valence-electron chi connectivity index (χ2n) is 8.11. The second kappa shape index (κ2) is 14.5. The summed E-state index contributed by atoms with van der Waals surface area (Å²) in [6.07, 6.45) is 14.1. The first-order chi connectivity index (χ1) is 13.6. The number of benzene rings is 1. The molecule has 160 valence electrons. The van der Waals surface area contributed by atoms with E-state index in [1.54, 1.807) is 0 Å². The van der Waals surface area contributed by atoms with Gasteiger partial charge in [0.05, 0.1) is 13.2 Å². The zero-order chi connectivity index (χ0) is 20.8. The van der Waals surface area contributed by atoms with Gasteiger partial charge in [-0.15, -0.1) is 0 Å². The predicted molar refractivity (Wildman–Crippen MR) is 123 cm³/mol. The van der Waals surface area contributed by atoms with E-state index in [0.29, 0.717) is 11.8 Å². The lowest BCUT2D eigenvalue weighted by molar-refractivity contribution is 0.226. The van der Waals surface area contributed by atoms with Crippen LogP contribution in [0.2, 0.25) is 0 Å². The Morgan fingerprint density at radius 1 is 0.821 bits per heavy atom. The average Bonchev–Trinajstić information content (AvgIpc) is 2.70. The van der Waals surface area contributed by atoms with Crippen LogP contribution in [0.3, 0.4) is 0 Å². The van der Waals surface area contributed by atoms with Gasteiger partial charge in [-0.05, 0) is 56.2 Å². The highest BCUT2D eigenvalue weighted by Crippen LogP contribution is 2.31. The predicted octanol–water partition coefficient (Wildman–Crippen LogP) is 8.22. The van der Waals surface area contributed by atoms with Crippen LogP contribution >= 0.6 is 0 Å². The molecule has 0 saturated heterocycles. The van der Waals surface area contributed by atoms with Crippen LogP contribution in [0.15, 0.2) is 18.2 Å². The molecule has 2 nitrogen and oxygen atoms in total. The second-order valence-corrected chi connectivity index (χ2v) is 8.11. The van der Waals surface area contributed by atoms with E-state index in [2.05, 4.69) is 65.8 Å². The van der Waals surface area contributed by atoms with Crippen molar-refractivity contribution in [1.29, 1.82) is 0 Å². The molecule has 1 rings (SSSR count). The number of hydrogen-bond acceptors (Lipinski definition) is 2. The Kier molecular flexibility index (Phi) is 12.8. The molecule has 0 saturated carbocycles. The van der Waals surface area contributed by atoms with E-state index in [-0.39, 0.29) is 0 Å². The van der Waals surface area contributed by atoms with Crippen molar-refractivity contribution in [3.8, 4) is 11.5 Å². The number of unbranched alkanes of at least 4 members (excludes halogenated alkanes) is 2. The standard InChI is InChI=1S/C26H44O2/c1-7-12-15-22(10-4)19-27-25-18-24(14-9-3)26(17-21(25)6)28-20-23(11-5)16-13-8-2/h9,14,17-18,22-23H,7-8,10-13,15-16,19-20H2,1-6H3/b14-9+. The van der Waals surface area contributed by atoms with Crippen molar-refractivity contribution in [2.45, 2.75) is 92.9 Å². The van der Waals surface area contributed by atoms with E-state index in [1.165, 1.54) is 51.4 Å². The number of rotatable bonds is 15. The molecule has 0 bridgehead atoms. The maximum atomic E-state index is 6.27. The lowest BCUT2D eigenvalue weighted by Crippen LogP contribution is -2.13. The molecule has 0 aliphatic heterocycles. The first-order valence-electron chi connectivity index (χ1n) is 11.6. The third-order valence-corrected chi connectivity index (χ3v) is 5.69. The van der Waals surface area contributed by atoms with Gasteiger partial charge in [-0.25, -0.2) is 0 Å². The number of ether oxygens (including phenoxy) is 2. The molecule has 0 N–H and O–H groups in total. The number of allylic oxidation sites excluding steroid dienone is 1. The molecule has 0 amide bonds. The molecular formula is C26H44O2. The fourth-order valence-electron chi connectivity index (χ4n) is 3.48. The molecule has 0 aliphatic rings. The Morgan fingerprint density at radius 3 is 1.82 bits per heavy atom. The first kappa shape index (κ1) is 24.6. The van der Waals surface area contributed by atoms with Crippen molar-refractivity contribution >= 4 is 6.08 Å². The van der Waals surface area contributed by atoms with Gasteiger partial charge in [0, 0.05) is 5.56 Å². The van der Waals surface area contributed by atoms with Crippen molar-refractivity contribution in [2.24, 2.45) is 11.8 Å². The minimum atomic E-state index is 0.638. The van der Waals surface area contributed by atoms with Crippen molar-refractivity contribution in [3.05, 3.63) is 29.3 Å². The van der Waals surface area contributed by atoms with Crippen LogP contribution in [0, 0.1) is 18.8 Å². The quantitative estimate of drug-likeness (QED) is 0.301. The fraction of sp³-hybridized carbons (Fsp3) is 0.692. The Bertz CT molecular complexity index is 562. The minimum absolute atomic E-state index is 0.638. The highest BCUT2D eigenvalue weighted by Gasteiger charge is 2.13. The summed E-state index contributed by atoms with van der Waals surface area (Å²) >= 11 is 0. The topological polar surface area (TPSA) is 18.5 Å². The van der Waals surface area contributed by atoms with Gasteiger partial charge in [-0.1, -0.05) is 78.4 Å². The van der Waals surface area contributed by atoms with Crippen LogP contribution in [0.5, 0.6) is 11.5 Å². The van der Waals surface area contributed by atoms with Gasteiger partial charge in [0.25, 0.3) is 0 Å². The Balaban J connectivity index is 2.83. The van der Waals surface area contributed by atoms with Gasteiger partial charge < -0.3 is 9.47 Å². The molecule has 0 fully saturated rings. The summed E-state index contributed by atoms with van der Waals surface area (Å²) in [6.45, 7) is 14.8. The molecular weight excluding hydrogens is 344 g/mol. The van der Waals surface area contributed by atoms with Crippen LogP contribution < -0.4 is 9.47 Å². The largest absolute Gasteiger partial charge is 0.493 e. The molecule has 0 heterocycles. The molecule has 0 aromatic heterocycles. The highest BCUT2D eigenvalue weighted by atomic mass is 16.5. The third kappa shape index (κ3) is 8.71. The summed E-state index contributed by atoms with van der Waals surface area (Å²) in [5.41, 5.74) is 2.28. The van der Waals surface area contributed by atoms with E-state index in [4.69, 9.17) is 9.47 Å². The smallest absolute Gasteiger partial charge is 0.127 e. The summed E-state index contributed by atoms with van der Waals surface area (Å²) in [4.78, 5) is 0. The molecule has 0 radical (unpaired) electrons. The van der Waals surface area contributed by atoms with Crippen molar-refractivity contribution in [2.75, 3.05) is 13.2 Å². The van der Waals surface area contributed by atoms with Gasteiger partial charge >= 0.3 is 0 Å². The van der Waals surface area contributed by atoms with Crippen LogP contribution in [-0.4, -0.2) is 13.2 Å². The Morgan fingerprint density at radius 2 is 1.36 bits per heavy atom. The van der Waals surface area contributed by atoms with Crippen LogP contribution in [-0.2, 0) is 0 Å². The monoisotopic (exact) mass is 388 g/mol. The maximum absolute atomic E-state index is 6.27. The lowest BCUT2D eigenvalue weighted by atomic mass is 10.00. The van der Waals surface area contributed by atoms with Crippen LogP contribution in [0.4, 0.5) is 0 Å². The Labute approximate surface area is 174 Å². The summed E-state index contributed by atoms with van der Waals surface area (Å²) < 4.78 is 12.5. The number of hydrogen-bond donors (Lipinski definition) is 0. The van der Waals surface area contributed by atoms with Gasteiger partial charge in [0.1, 0.15) is 11.5 Å². The minimum Gasteiger partial charge on any atom is -0.493 e. The van der Waals surface area contributed by atoms with Gasteiger partial charge in [0.2, 0.25) is 0 Å². The molecule has 28 heavy (non-hydrogen) atoms. The summed E-state index contributed by atoms with van der Waals surface area (Å²) in [5, 5.41) is 0. The average molecular weight is 389 g/mol. The number of aryl methyl sites for hydroxylation is 1. The molecule has 2 atom stereocenters. The van der Waals surface area contributed by atoms with Gasteiger partial charge in [0.15, 0.2) is 0 Å². The van der Waals surface area contributed by atoms with Gasteiger partial charge in [-0.3, -0.25) is 0 Å². The van der Waals surface area contributed by atoms with Crippen LogP contribution in [0.1, 0.15) is 97.1 Å². The van der Waals surface area contributed by atoms with E-state index in [0.717, 1.165) is 35.8 Å². The van der Waals surface area contributed by atoms with Crippen molar-refractivity contribution < 1.29 is 9.47 Å². The molecule has 1 aromatic carbocycles. The summed E-state index contributed by atoms with van der Waals surface area (Å²) in [5.74, 6) is 3.26. The summed E-state index contributed by atoms with van der Waals surface area (Å²) in [7, 11) is 0. The Hall–Kier alpha value is -1.44. The fourth-order valence-corrected chi connectivity index (χ4v) is 3.48. The highest BCUT2D eigenvalue weighted by molar-refractivity contribution is 5.61. The third-order valence-electron chi connectivity index (χ3n) is 5.69. The van der Waals surface area contributed by atoms with Crippen LogP contribution in [0.25, 0.3) is 6.08 Å². The van der Waals surface area contributed by atoms with E-state index in [1.807, 2.05) is 0 Å². The molecule has 2 unspecified atom stereocenters. The SMILES string of the molecule is C/C=C/c1cc(OCC(CC)CCCC)c(C)cc1OCC(CC)CCCC. The van der Waals surface area contributed by atoms with Crippen molar-refractivity contribution in [3.63, 3.8) is 0 Å². The normalized spacial score (nSPS) is 13.6. The molecule has 2 heteroatoms. The van der Waals surface area contributed by atoms with Gasteiger partial charge in [-0.2, -0.15) is 0 Å². The maximum Gasteiger partial charge on any atom is 0.127 e. The van der Waals surface area contributed by atoms with E-state index >= 15 is 0 Å². The lowest BCUT2D eigenvalue weighted by Gasteiger charge is -2.20.